The van der Waals surface area contributed by atoms with Crippen molar-refractivity contribution in [2.45, 2.75) is 86.5 Å². The first-order chi connectivity index (χ1) is 21.9. The minimum absolute atomic E-state index is 0.251. The third-order valence-corrected chi connectivity index (χ3v) is 13.1. The maximum atomic E-state index is 13.8. The van der Waals surface area contributed by atoms with Crippen LogP contribution >= 0.6 is 0 Å². The van der Waals surface area contributed by atoms with Crippen LogP contribution in [-0.4, -0.2) is 134 Å². The quantitative estimate of drug-likeness (QED) is 0.326. The van der Waals surface area contributed by atoms with E-state index < -0.39 is 88.0 Å². The maximum absolute atomic E-state index is 13.8. The molecule has 1 saturated heterocycles. The minimum atomic E-state index is -2.05. The second-order valence-corrected chi connectivity index (χ2v) is 14.5. The van der Waals surface area contributed by atoms with E-state index >= 15 is 0 Å². The minimum Gasteiger partial charge on any atom is -0.455 e. The van der Waals surface area contributed by atoms with Crippen molar-refractivity contribution in [2.24, 2.45) is 28.6 Å². The van der Waals surface area contributed by atoms with Gasteiger partial charge in [-0.2, -0.15) is 0 Å². The zero-order valence-electron chi connectivity index (χ0n) is 27.4. The van der Waals surface area contributed by atoms with Gasteiger partial charge in [-0.15, -0.1) is 0 Å². The van der Waals surface area contributed by atoms with E-state index in [1.165, 1.54) is 14.0 Å². The Balaban J connectivity index is 1.55. The molecule has 5 aliphatic carbocycles. The molecule has 6 aliphatic rings. The second-order valence-electron chi connectivity index (χ2n) is 14.5. The molecule has 12 nitrogen and oxygen atoms in total. The van der Waals surface area contributed by atoms with Crippen LogP contribution in [0.3, 0.4) is 0 Å². The van der Waals surface area contributed by atoms with E-state index in [1.807, 2.05) is 6.92 Å². The number of rotatable bonds is 9. The predicted molar refractivity (Wildman–Crippen MR) is 161 cm³/mol. The molecular weight excluding hydrogens is 598 g/mol. The summed E-state index contributed by atoms with van der Waals surface area (Å²) in [5, 5.41) is 39.1. The van der Waals surface area contributed by atoms with Gasteiger partial charge in [0.15, 0.2) is 5.60 Å². The van der Waals surface area contributed by atoms with Crippen LogP contribution in [0.2, 0.25) is 0 Å². The molecule has 254 valence electrons. The van der Waals surface area contributed by atoms with Gasteiger partial charge in [0.2, 0.25) is 0 Å². The Hall–Kier alpha value is -2.16. The van der Waals surface area contributed by atoms with Crippen LogP contribution < -0.4 is 0 Å². The molecule has 1 aromatic carbocycles. The Kier molecular flexibility index (Phi) is 7.51. The molecule has 7 bridgehead atoms. The number of likely N-dealkylation sites (tertiary alicyclic amines) is 1. The second kappa shape index (κ2) is 10.7. The molecule has 46 heavy (non-hydrogen) atoms. The lowest BCUT2D eigenvalue weighted by Gasteiger charge is -2.71. The molecule has 1 aromatic rings. The smallest absolute Gasteiger partial charge is 0.338 e. The number of piperidine rings is 1. The number of methoxy groups -OCH3 is 4. The average molecular weight is 646 g/mol. The van der Waals surface area contributed by atoms with E-state index in [0.717, 1.165) is 6.42 Å². The summed E-state index contributed by atoms with van der Waals surface area (Å²) < 4.78 is 37.3. The molecule has 14 atom stereocenters. The lowest BCUT2D eigenvalue weighted by atomic mass is 9.41. The predicted octanol–water partition coefficient (Wildman–Crippen LogP) is 0.792. The van der Waals surface area contributed by atoms with Crippen molar-refractivity contribution in [3.63, 3.8) is 0 Å². The number of carbonyl (C=O) groups is 2. The number of aliphatic hydroxyl groups excluding tert-OH is 1. The lowest BCUT2D eigenvalue weighted by Crippen LogP contribution is -2.85. The summed E-state index contributed by atoms with van der Waals surface area (Å²) in [5.74, 6) is -3.76. The Labute approximate surface area is 269 Å². The molecule has 5 saturated carbocycles. The van der Waals surface area contributed by atoms with E-state index in [-0.39, 0.29) is 17.9 Å². The number of hydrogen-bond acceptors (Lipinski definition) is 12. The van der Waals surface area contributed by atoms with Crippen molar-refractivity contribution in [1.29, 1.82) is 0 Å². The normalized spacial score (nSPS) is 49.9. The van der Waals surface area contributed by atoms with Crippen LogP contribution in [0.15, 0.2) is 30.3 Å². The van der Waals surface area contributed by atoms with Gasteiger partial charge in [-0.1, -0.05) is 25.1 Å². The van der Waals surface area contributed by atoms with Gasteiger partial charge in [-0.25, -0.2) is 4.79 Å². The highest BCUT2D eigenvalue weighted by atomic mass is 16.6. The molecule has 0 unspecified atom stereocenters. The average Bonchev–Trinajstić information content (AvgIpc) is 3.38. The molecule has 0 amide bonds. The monoisotopic (exact) mass is 645 g/mol. The highest BCUT2D eigenvalue weighted by Gasteiger charge is 2.96. The van der Waals surface area contributed by atoms with E-state index in [0.29, 0.717) is 26.1 Å². The van der Waals surface area contributed by atoms with Crippen LogP contribution in [0.1, 0.15) is 43.5 Å². The first kappa shape index (κ1) is 32.4. The summed E-state index contributed by atoms with van der Waals surface area (Å²) in [5.41, 5.74) is -7.17. The Morgan fingerprint density at radius 2 is 1.72 bits per heavy atom. The molecule has 6 fully saturated rings. The van der Waals surface area contributed by atoms with Gasteiger partial charge in [0, 0.05) is 77.0 Å². The van der Waals surface area contributed by atoms with Crippen molar-refractivity contribution in [3.8, 4) is 0 Å². The summed E-state index contributed by atoms with van der Waals surface area (Å²) in [6, 6.07) is 7.88. The summed E-state index contributed by atoms with van der Waals surface area (Å²) in [6.45, 7) is 4.91. The summed E-state index contributed by atoms with van der Waals surface area (Å²) in [7, 11) is 6.26. The van der Waals surface area contributed by atoms with Crippen LogP contribution in [0.25, 0.3) is 0 Å². The molecule has 3 N–H and O–H groups in total. The van der Waals surface area contributed by atoms with Gasteiger partial charge in [0.25, 0.3) is 0 Å². The number of fused-ring (bicyclic) bond motifs is 2. The molecule has 1 aliphatic heterocycles. The highest BCUT2D eigenvalue weighted by molar-refractivity contribution is 5.89. The summed E-state index contributed by atoms with van der Waals surface area (Å²) in [4.78, 5) is 29.3. The molecule has 1 spiro atoms. The summed E-state index contributed by atoms with van der Waals surface area (Å²) in [6.07, 6.45) is -4.53. The van der Waals surface area contributed by atoms with Gasteiger partial charge in [-0.3, -0.25) is 9.69 Å². The van der Waals surface area contributed by atoms with Gasteiger partial charge < -0.3 is 43.7 Å². The van der Waals surface area contributed by atoms with E-state index in [1.54, 1.807) is 51.7 Å². The van der Waals surface area contributed by atoms with Crippen molar-refractivity contribution >= 4 is 11.9 Å². The Morgan fingerprint density at radius 3 is 2.30 bits per heavy atom. The summed E-state index contributed by atoms with van der Waals surface area (Å²) >= 11 is 0. The molecule has 12 heteroatoms. The largest absolute Gasteiger partial charge is 0.455 e. The van der Waals surface area contributed by atoms with E-state index in [9.17, 15) is 24.9 Å². The number of carbonyl (C=O) groups excluding carboxylic acids is 2. The fourth-order valence-corrected chi connectivity index (χ4v) is 12.4. The SMILES string of the molecule is CCN1C[C@]2(COC)CC[C@H](OC)[C@@]34[C@@H]2[C@@H](OC)[C@@H]([C@@H]13)[C@@]1(OC(C)=O)[C@H](O)[C@H](OC)[C@@]2(O)C[C@]4(O)[C@@H]1[C@H]2OC(=O)c1ccccc1. The third kappa shape index (κ3) is 3.52. The van der Waals surface area contributed by atoms with Gasteiger partial charge in [0.1, 0.15) is 23.9 Å². The standard InChI is InChI=1S/C34H47NO11/c1-7-35-16-30(17-41-3)14-13-20(42-4)33-23(30)22(43-5)21(25(33)35)34(46-18(2)36)24-27(45-29(38)19-11-9-8-10-12-19)31(39,15-32(24,33)40)28(44-6)26(34)37/h8-12,20-28,37,39-40H,7,13-17H2,1-6H3/t20-,21-,22-,23+,24-,25+,26+,27+,28-,30-,31+,32-,33+,34-/m0/s1. The highest BCUT2D eigenvalue weighted by Crippen LogP contribution is 2.81. The van der Waals surface area contributed by atoms with Gasteiger partial charge in [-0.05, 0) is 31.5 Å². The maximum Gasteiger partial charge on any atom is 0.338 e. The molecular formula is C34H47NO11. The number of esters is 2. The Morgan fingerprint density at radius 1 is 1.00 bits per heavy atom. The Bertz CT molecular complexity index is 1380. The van der Waals surface area contributed by atoms with Crippen molar-refractivity contribution < 1.29 is 53.3 Å². The van der Waals surface area contributed by atoms with Crippen LogP contribution in [-0.2, 0) is 33.2 Å². The van der Waals surface area contributed by atoms with Gasteiger partial charge >= 0.3 is 11.9 Å². The van der Waals surface area contributed by atoms with Crippen molar-refractivity contribution in [1.82, 2.24) is 4.90 Å². The molecule has 7 rings (SSSR count). The van der Waals surface area contributed by atoms with E-state index in [2.05, 4.69) is 4.90 Å². The van der Waals surface area contributed by atoms with Gasteiger partial charge in [0.05, 0.1) is 35.9 Å². The number of ether oxygens (including phenoxy) is 6. The number of benzene rings is 1. The first-order valence-corrected chi connectivity index (χ1v) is 16.3. The zero-order valence-corrected chi connectivity index (χ0v) is 27.4. The first-order valence-electron chi connectivity index (χ1n) is 16.3. The van der Waals surface area contributed by atoms with Crippen molar-refractivity contribution in [3.05, 3.63) is 35.9 Å². The zero-order chi connectivity index (χ0) is 33.0. The lowest BCUT2D eigenvalue weighted by molar-refractivity contribution is -0.347. The number of nitrogens with zero attached hydrogens (tertiary/aromatic N) is 1. The fraction of sp³-hybridized carbons (Fsp3) is 0.765. The van der Waals surface area contributed by atoms with Crippen LogP contribution in [0.4, 0.5) is 0 Å². The molecule has 0 radical (unpaired) electrons. The third-order valence-electron chi connectivity index (χ3n) is 13.1. The van der Waals surface area contributed by atoms with E-state index in [4.69, 9.17) is 28.4 Å². The van der Waals surface area contributed by atoms with Crippen LogP contribution in [0, 0.1) is 28.6 Å². The fourth-order valence-electron chi connectivity index (χ4n) is 12.4. The van der Waals surface area contributed by atoms with Crippen LogP contribution in [0.5, 0.6) is 0 Å². The molecule has 0 aromatic heterocycles. The van der Waals surface area contributed by atoms with Crippen molar-refractivity contribution in [2.75, 3.05) is 48.1 Å². The number of hydrogen-bond donors (Lipinski definition) is 3. The topological polar surface area (TPSA) is 153 Å². The number of aliphatic hydroxyl groups is 3. The molecule has 1 heterocycles.